The van der Waals surface area contributed by atoms with Gasteiger partial charge in [-0.25, -0.2) is 4.98 Å². The molecule has 3 rings (SSSR count). The maximum atomic E-state index is 12.1. The largest absolute Gasteiger partial charge is 0.493 e. The van der Waals surface area contributed by atoms with E-state index in [-0.39, 0.29) is 5.91 Å². The fraction of sp³-hybridized carbons (Fsp3) is 0.429. The van der Waals surface area contributed by atoms with Crippen LogP contribution in [0.2, 0.25) is 0 Å². The molecule has 1 N–H and O–H groups in total. The van der Waals surface area contributed by atoms with Crippen LogP contribution in [0.3, 0.4) is 0 Å². The fourth-order valence-corrected chi connectivity index (χ4v) is 3.04. The lowest BCUT2D eigenvalue weighted by atomic mass is 10.2. The van der Waals surface area contributed by atoms with E-state index < -0.39 is 0 Å². The zero-order valence-electron chi connectivity index (χ0n) is 16.1. The third kappa shape index (κ3) is 5.69. The summed E-state index contributed by atoms with van der Waals surface area (Å²) in [5.41, 5.74) is 1.84. The van der Waals surface area contributed by atoms with Crippen molar-refractivity contribution in [2.45, 2.75) is 19.8 Å². The number of aryl methyl sites for hydroxylation is 1. The van der Waals surface area contributed by atoms with E-state index in [9.17, 15) is 4.79 Å². The Hall–Kier alpha value is -2.60. The van der Waals surface area contributed by atoms with E-state index in [1.54, 1.807) is 6.20 Å². The summed E-state index contributed by atoms with van der Waals surface area (Å²) in [6, 6.07) is 11.8. The number of rotatable bonds is 7. The van der Waals surface area contributed by atoms with Crippen LogP contribution in [0, 0.1) is 6.92 Å². The lowest BCUT2D eigenvalue weighted by Gasteiger charge is -2.33. The van der Waals surface area contributed by atoms with Gasteiger partial charge in [0.1, 0.15) is 11.6 Å². The molecule has 6 heteroatoms. The topological polar surface area (TPSA) is 57.7 Å². The van der Waals surface area contributed by atoms with Gasteiger partial charge in [0.05, 0.1) is 18.5 Å². The third-order valence-electron chi connectivity index (χ3n) is 4.76. The Morgan fingerprint density at radius 3 is 2.63 bits per heavy atom. The minimum absolute atomic E-state index is 0.0162. The summed E-state index contributed by atoms with van der Waals surface area (Å²) < 4.78 is 5.73. The highest BCUT2D eigenvalue weighted by molar-refractivity contribution is 5.90. The van der Waals surface area contributed by atoms with Crippen molar-refractivity contribution in [3.8, 4) is 5.75 Å². The molecule has 1 aromatic carbocycles. The van der Waals surface area contributed by atoms with Crippen LogP contribution in [-0.2, 0) is 4.79 Å². The van der Waals surface area contributed by atoms with Crippen molar-refractivity contribution >= 4 is 17.4 Å². The highest BCUT2D eigenvalue weighted by Crippen LogP contribution is 2.17. The average Bonchev–Trinajstić information content (AvgIpc) is 2.68. The SMILES string of the molecule is Cc1ccccc1OCCCC(=O)Nc1ccc(N2CCN(C)CC2)nc1. The van der Waals surface area contributed by atoms with Gasteiger partial charge in [0.25, 0.3) is 0 Å². The lowest BCUT2D eigenvalue weighted by Crippen LogP contribution is -2.44. The van der Waals surface area contributed by atoms with E-state index in [0.29, 0.717) is 19.4 Å². The van der Waals surface area contributed by atoms with Crippen molar-refractivity contribution < 1.29 is 9.53 Å². The summed E-state index contributed by atoms with van der Waals surface area (Å²) >= 11 is 0. The second kappa shape index (κ2) is 9.37. The van der Waals surface area contributed by atoms with E-state index in [4.69, 9.17) is 4.74 Å². The Labute approximate surface area is 161 Å². The van der Waals surface area contributed by atoms with Crippen LogP contribution >= 0.6 is 0 Å². The minimum Gasteiger partial charge on any atom is -0.493 e. The van der Waals surface area contributed by atoms with Gasteiger partial charge < -0.3 is 19.9 Å². The summed E-state index contributed by atoms with van der Waals surface area (Å²) in [6.07, 6.45) is 2.83. The molecule has 144 valence electrons. The molecule has 0 saturated carbocycles. The Morgan fingerprint density at radius 1 is 1.15 bits per heavy atom. The zero-order chi connectivity index (χ0) is 19.1. The van der Waals surface area contributed by atoms with Crippen LogP contribution in [0.25, 0.3) is 0 Å². The maximum Gasteiger partial charge on any atom is 0.224 e. The van der Waals surface area contributed by atoms with Crippen molar-refractivity contribution in [3.63, 3.8) is 0 Å². The molecule has 1 fully saturated rings. The standard InChI is InChI=1S/C21H28N4O2/c1-17-6-3-4-7-19(17)27-15-5-8-21(26)23-18-9-10-20(22-16-18)25-13-11-24(2)12-14-25/h3-4,6-7,9-10,16H,5,8,11-15H2,1-2H3,(H,23,26). The quantitative estimate of drug-likeness (QED) is 0.762. The van der Waals surface area contributed by atoms with Gasteiger partial charge in [-0.2, -0.15) is 0 Å². The highest BCUT2D eigenvalue weighted by Gasteiger charge is 2.15. The molecular weight excluding hydrogens is 340 g/mol. The van der Waals surface area contributed by atoms with Gasteiger partial charge in [-0.05, 0) is 44.2 Å². The van der Waals surface area contributed by atoms with E-state index in [1.165, 1.54) is 0 Å². The summed E-state index contributed by atoms with van der Waals surface area (Å²) in [5.74, 6) is 1.83. The van der Waals surface area contributed by atoms with Crippen LogP contribution in [0.1, 0.15) is 18.4 Å². The van der Waals surface area contributed by atoms with Gasteiger partial charge in [0.15, 0.2) is 0 Å². The first-order valence-electron chi connectivity index (χ1n) is 9.49. The van der Waals surface area contributed by atoms with Gasteiger partial charge in [0.2, 0.25) is 5.91 Å². The molecule has 2 aromatic rings. The Bertz CT molecular complexity index is 740. The van der Waals surface area contributed by atoms with Crippen LogP contribution in [0.4, 0.5) is 11.5 Å². The van der Waals surface area contributed by atoms with Gasteiger partial charge in [-0.15, -0.1) is 0 Å². The Kier molecular flexibility index (Phi) is 6.65. The molecule has 1 aliphatic rings. The molecule has 27 heavy (non-hydrogen) atoms. The number of ether oxygens (including phenoxy) is 1. The van der Waals surface area contributed by atoms with Crippen molar-refractivity contribution in [2.75, 3.05) is 50.1 Å². The van der Waals surface area contributed by atoms with Gasteiger partial charge in [0, 0.05) is 32.6 Å². The number of carbonyl (C=O) groups is 1. The average molecular weight is 368 g/mol. The summed E-state index contributed by atoms with van der Waals surface area (Å²) in [4.78, 5) is 21.2. The summed E-state index contributed by atoms with van der Waals surface area (Å²) in [5, 5.41) is 2.91. The molecule has 1 amide bonds. The number of amides is 1. The molecule has 0 spiro atoms. The molecule has 0 bridgehead atoms. The van der Waals surface area contributed by atoms with E-state index in [1.807, 2.05) is 43.3 Å². The predicted octanol–water partition coefficient (Wildman–Crippen LogP) is 2.94. The first-order valence-corrected chi connectivity index (χ1v) is 9.49. The number of para-hydroxylation sites is 1. The summed E-state index contributed by atoms with van der Waals surface area (Å²) in [6.45, 7) is 6.60. The number of anilines is 2. The van der Waals surface area contributed by atoms with Gasteiger partial charge in [-0.1, -0.05) is 18.2 Å². The second-order valence-corrected chi connectivity index (χ2v) is 6.96. The Morgan fingerprint density at radius 2 is 1.93 bits per heavy atom. The number of benzene rings is 1. The van der Waals surface area contributed by atoms with Crippen molar-refractivity contribution in [2.24, 2.45) is 0 Å². The zero-order valence-corrected chi connectivity index (χ0v) is 16.1. The fourth-order valence-electron chi connectivity index (χ4n) is 3.04. The number of hydrogen-bond acceptors (Lipinski definition) is 5. The molecule has 0 aliphatic carbocycles. The van der Waals surface area contributed by atoms with Crippen LogP contribution in [0.5, 0.6) is 5.75 Å². The second-order valence-electron chi connectivity index (χ2n) is 6.96. The summed E-state index contributed by atoms with van der Waals surface area (Å²) in [7, 11) is 2.13. The van der Waals surface area contributed by atoms with Crippen LogP contribution in [0.15, 0.2) is 42.6 Å². The van der Waals surface area contributed by atoms with Crippen LogP contribution in [-0.4, -0.2) is 55.6 Å². The molecule has 0 radical (unpaired) electrons. The molecule has 1 aromatic heterocycles. The van der Waals surface area contributed by atoms with Gasteiger partial charge in [-0.3, -0.25) is 4.79 Å². The van der Waals surface area contributed by atoms with Crippen molar-refractivity contribution in [1.29, 1.82) is 0 Å². The molecule has 1 saturated heterocycles. The van der Waals surface area contributed by atoms with E-state index in [0.717, 1.165) is 49.0 Å². The molecular formula is C21H28N4O2. The normalized spacial score (nSPS) is 14.8. The number of carbonyl (C=O) groups excluding carboxylic acids is 1. The number of aromatic nitrogens is 1. The highest BCUT2D eigenvalue weighted by atomic mass is 16.5. The number of likely N-dealkylation sites (N-methyl/N-ethyl adjacent to an activating group) is 1. The predicted molar refractivity (Wildman–Crippen MR) is 108 cm³/mol. The smallest absolute Gasteiger partial charge is 0.224 e. The molecule has 6 nitrogen and oxygen atoms in total. The molecule has 2 heterocycles. The first-order chi connectivity index (χ1) is 13.1. The van der Waals surface area contributed by atoms with Gasteiger partial charge >= 0.3 is 0 Å². The number of hydrogen-bond donors (Lipinski definition) is 1. The molecule has 1 aliphatic heterocycles. The first kappa shape index (κ1) is 19.2. The monoisotopic (exact) mass is 368 g/mol. The van der Waals surface area contributed by atoms with Crippen molar-refractivity contribution in [1.82, 2.24) is 9.88 Å². The van der Waals surface area contributed by atoms with E-state index in [2.05, 4.69) is 27.1 Å². The number of piperazine rings is 1. The Balaban J connectivity index is 1.39. The lowest BCUT2D eigenvalue weighted by molar-refractivity contribution is -0.116. The third-order valence-corrected chi connectivity index (χ3v) is 4.76. The minimum atomic E-state index is -0.0162. The molecule has 0 atom stereocenters. The van der Waals surface area contributed by atoms with Crippen molar-refractivity contribution in [3.05, 3.63) is 48.2 Å². The number of pyridine rings is 1. The maximum absolute atomic E-state index is 12.1. The number of nitrogens with zero attached hydrogens (tertiary/aromatic N) is 3. The van der Waals surface area contributed by atoms with E-state index >= 15 is 0 Å². The molecule has 0 unspecified atom stereocenters. The number of nitrogens with one attached hydrogen (secondary N) is 1. The van der Waals surface area contributed by atoms with Crippen LogP contribution < -0.4 is 15.0 Å².